The molecule has 106 valence electrons. The smallest absolute Gasteiger partial charge is 0.233 e. The molecule has 0 radical (unpaired) electrons. The molecule has 0 heterocycles. The van der Waals surface area contributed by atoms with E-state index >= 15 is 0 Å². The average Bonchev–Trinajstić information content (AvgIpc) is 2.33. The molecule has 1 aromatic carbocycles. The SMILES string of the molecule is CC(N)CCNC(=O)C(C)Sc1cc(Cl)ccc1Cl. The van der Waals surface area contributed by atoms with Gasteiger partial charge >= 0.3 is 0 Å². The van der Waals surface area contributed by atoms with Crippen molar-refractivity contribution in [2.45, 2.75) is 36.5 Å². The number of thioether (sulfide) groups is 1. The van der Waals surface area contributed by atoms with Crippen LogP contribution in [-0.2, 0) is 4.79 Å². The number of hydrogen-bond acceptors (Lipinski definition) is 3. The van der Waals surface area contributed by atoms with E-state index in [1.807, 2.05) is 13.8 Å². The van der Waals surface area contributed by atoms with E-state index in [1.54, 1.807) is 18.2 Å². The van der Waals surface area contributed by atoms with Crippen LogP contribution >= 0.6 is 35.0 Å². The van der Waals surface area contributed by atoms with Gasteiger partial charge in [-0.05, 0) is 38.5 Å². The predicted molar refractivity (Wildman–Crippen MR) is 83.1 cm³/mol. The zero-order valence-electron chi connectivity index (χ0n) is 11.0. The van der Waals surface area contributed by atoms with Crippen LogP contribution < -0.4 is 11.1 Å². The minimum absolute atomic E-state index is 0.0262. The van der Waals surface area contributed by atoms with Gasteiger partial charge < -0.3 is 11.1 Å². The van der Waals surface area contributed by atoms with Crippen LogP contribution in [0.2, 0.25) is 10.0 Å². The lowest BCUT2D eigenvalue weighted by Crippen LogP contribution is -2.34. The summed E-state index contributed by atoms with van der Waals surface area (Å²) in [6, 6.07) is 5.31. The zero-order chi connectivity index (χ0) is 14.4. The monoisotopic (exact) mass is 320 g/mol. The number of carbonyl (C=O) groups is 1. The lowest BCUT2D eigenvalue weighted by Gasteiger charge is -2.13. The van der Waals surface area contributed by atoms with Gasteiger partial charge in [0.2, 0.25) is 5.91 Å². The molecule has 3 nitrogen and oxygen atoms in total. The van der Waals surface area contributed by atoms with Crippen molar-refractivity contribution >= 4 is 40.9 Å². The van der Waals surface area contributed by atoms with Crippen LogP contribution in [-0.4, -0.2) is 23.7 Å². The Bertz CT molecular complexity index is 441. The Labute approximate surface area is 128 Å². The molecule has 0 bridgehead atoms. The van der Waals surface area contributed by atoms with Crippen LogP contribution in [0.4, 0.5) is 0 Å². The fourth-order valence-corrected chi connectivity index (χ4v) is 2.81. The van der Waals surface area contributed by atoms with Crippen molar-refractivity contribution in [2.75, 3.05) is 6.54 Å². The Morgan fingerprint density at radius 2 is 2.11 bits per heavy atom. The van der Waals surface area contributed by atoms with E-state index in [2.05, 4.69) is 5.32 Å². The van der Waals surface area contributed by atoms with Crippen molar-refractivity contribution in [1.82, 2.24) is 5.32 Å². The third-order valence-electron chi connectivity index (χ3n) is 2.47. The molecular formula is C13H18Cl2N2OS. The van der Waals surface area contributed by atoms with Crippen LogP contribution in [0.1, 0.15) is 20.3 Å². The van der Waals surface area contributed by atoms with Gasteiger partial charge in [0.1, 0.15) is 0 Å². The molecule has 0 fully saturated rings. The summed E-state index contributed by atoms with van der Waals surface area (Å²) in [5.74, 6) is -0.0262. The highest BCUT2D eigenvalue weighted by atomic mass is 35.5. The molecule has 1 aromatic rings. The highest BCUT2D eigenvalue weighted by Crippen LogP contribution is 2.32. The number of amides is 1. The van der Waals surface area contributed by atoms with Crippen molar-refractivity contribution in [2.24, 2.45) is 5.73 Å². The summed E-state index contributed by atoms with van der Waals surface area (Å²) in [6.45, 7) is 4.34. The van der Waals surface area contributed by atoms with Crippen LogP contribution in [0.3, 0.4) is 0 Å². The first kappa shape index (κ1) is 16.6. The Balaban J connectivity index is 2.51. The number of carbonyl (C=O) groups excluding carboxylic acids is 1. The molecule has 0 aliphatic carbocycles. The van der Waals surface area contributed by atoms with Crippen LogP contribution in [0.5, 0.6) is 0 Å². The summed E-state index contributed by atoms with van der Waals surface area (Å²) in [6.07, 6.45) is 0.765. The molecule has 0 saturated carbocycles. The van der Waals surface area contributed by atoms with Gasteiger partial charge in [0.25, 0.3) is 0 Å². The van der Waals surface area contributed by atoms with Crippen molar-refractivity contribution in [3.63, 3.8) is 0 Å². The number of nitrogens with two attached hydrogens (primary N) is 1. The van der Waals surface area contributed by atoms with Crippen molar-refractivity contribution in [1.29, 1.82) is 0 Å². The summed E-state index contributed by atoms with van der Waals surface area (Å²) < 4.78 is 0. The van der Waals surface area contributed by atoms with E-state index in [4.69, 9.17) is 28.9 Å². The highest BCUT2D eigenvalue weighted by Gasteiger charge is 2.15. The van der Waals surface area contributed by atoms with Gasteiger partial charge in [-0.3, -0.25) is 4.79 Å². The predicted octanol–water partition coefficient (Wildman–Crippen LogP) is 3.33. The maximum atomic E-state index is 11.9. The quantitative estimate of drug-likeness (QED) is 0.790. The molecule has 0 aromatic heterocycles. The first-order chi connectivity index (χ1) is 8.90. The van der Waals surface area contributed by atoms with Gasteiger partial charge in [0.15, 0.2) is 0 Å². The van der Waals surface area contributed by atoms with Crippen molar-refractivity contribution < 1.29 is 4.79 Å². The van der Waals surface area contributed by atoms with E-state index < -0.39 is 0 Å². The molecule has 1 rings (SSSR count). The minimum atomic E-state index is -0.232. The average molecular weight is 321 g/mol. The minimum Gasteiger partial charge on any atom is -0.355 e. The Kier molecular flexibility index (Phi) is 7.00. The second-order valence-corrected chi connectivity index (χ2v) is 6.62. The number of hydrogen-bond donors (Lipinski definition) is 2. The fraction of sp³-hybridized carbons (Fsp3) is 0.462. The molecule has 2 atom stereocenters. The number of benzene rings is 1. The third-order valence-corrected chi connectivity index (χ3v) is 4.30. The second kappa shape index (κ2) is 8.00. The maximum Gasteiger partial charge on any atom is 0.233 e. The summed E-state index contributed by atoms with van der Waals surface area (Å²) >= 11 is 13.4. The van der Waals surface area contributed by atoms with Crippen LogP contribution in [0, 0.1) is 0 Å². The lowest BCUT2D eigenvalue weighted by atomic mass is 10.2. The molecule has 1 amide bonds. The van der Waals surface area contributed by atoms with Crippen LogP contribution in [0.25, 0.3) is 0 Å². The number of halogens is 2. The van der Waals surface area contributed by atoms with E-state index in [0.29, 0.717) is 16.6 Å². The molecule has 0 aliphatic rings. The Morgan fingerprint density at radius 1 is 1.42 bits per heavy atom. The van der Waals surface area contributed by atoms with Gasteiger partial charge in [-0.15, -0.1) is 11.8 Å². The Hall–Kier alpha value is -0.420. The zero-order valence-corrected chi connectivity index (χ0v) is 13.3. The van der Waals surface area contributed by atoms with Crippen molar-refractivity contribution in [3.05, 3.63) is 28.2 Å². The molecule has 6 heteroatoms. The first-order valence-electron chi connectivity index (χ1n) is 6.05. The van der Waals surface area contributed by atoms with Crippen molar-refractivity contribution in [3.8, 4) is 0 Å². The third kappa shape index (κ3) is 6.04. The van der Waals surface area contributed by atoms with E-state index in [-0.39, 0.29) is 17.2 Å². The lowest BCUT2D eigenvalue weighted by molar-refractivity contribution is -0.120. The standard InChI is InChI=1S/C13H18Cl2N2OS/c1-8(16)5-6-17-13(18)9(2)19-12-7-10(14)3-4-11(12)15/h3-4,7-9H,5-6,16H2,1-2H3,(H,17,18). The normalized spacial score (nSPS) is 13.9. The molecule has 0 spiro atoms. The Morgan fingerprint density at radius 3 is 2.74 bits per heavy atom. The number of rotatable bonds is 6. The van der Waals surface area contributed by atoms with Gasteiger partial charge in [-0.25, -0.2) is 0 Å². The molecular weight excluding hydrogens is 303 g/mol. The largest absolute Gasteiger partial charge is 0.355 e. The van der Waals surface area contributed by atoms with Gasteiger partial charge in [-0.1, -0.05) is 23.2 Å². The topological polar surface area (TPSA) is 55.1 Å². The highest BCUT2D eigenvalue weighted by molar-refractivity contribution is 8.00. The van der Waals surface area contributed by atoms with Gasteiger partial charge in [0.05, 0.1) is 10.3 Å². The van der Waals surface area contributed by atoms with E-state index in [9.17, 15) is 4.79 Å². The first-order valence-corrected chi connectivity index (χ1v) is 7.68. The molecule has 3 N–H and O–H groups in total. The van der Waals surface area contributed by atoms with Gasteiger partial charge in [-0.2, -0.15) is 0 Å². The molecule has 0 aliphatic heterocycles. The summed E-state index contributed by atoms with van der Waals surface area (Å²) in [4.78, 5) is 12.7. The fourth-order valence-electron chi connectivity index (χ4n) is 1.38. The van der Waals surface area contributed by atoms with E-state index in [1.165, 1.54) is 11.8 Å². The molecule has 19 heavy (non-hydrogen) atoms. The maximum absolute atomic E-state index is 11.9. The molecule has 2 unspecified atom stereocenters. The van der Waals surface area contributed by atoms with E-state index in [0.717, 1.165) is 11.3 Å². The summed E-state index contributed by atoms with van der Waals surface area (Å²) in [7, 11) is 0. The summed E-state index contributed by atoms with van der Waals surface area (Å²) in [5.41, 5.74) is 5.63. The number of nitrogens with one attached hydrogen (secondary N) is 1. The second-order valence-electron chi connectivity index (χ2n) is 4.39. The van der Waals surface area contributed by atoms with Crippen LogP contribution in [0.15, 0.2) is 23.1 Å². The summed E-state index contributed by atoms with van der Waals surface area (Å²) in [5, 5.41) is 3.83. The van der Waals surface area contributed by atoms with Gasteiger partial charge in [0, 0.05) is 22.5 Å². The molecule has 0 saturated heterocycles.